The number of nitrogens with zero attached hydrogens (tertiary/aromatic N) is 2. The normalized spacial score (nSPS) is 15.4. The molecule has 118 valence electrons. The first kappa shape index (κ1) is 15.2. The molecule has 3 rings (SSSR count). The van der Waals surface area contributed by atoms with E-state index in [1.54, 1.807) is 23.4 Å². The van der Waals surface area contributed by atoms with E-state index in [2.05, 4.69) is 4.98 Å². The van der Waals surface area contributed by atoms with Crippen LogP contribution in [0.1, 0.15) is 18.4 Å². The van der Waals surface area contributed by atoms with E-state index in [9.17, 15) is 4.79 Å². The Morgan fingerprint density at radius 1 is 1.13 bits per heavy atom. The number of nitrogens with two attached hydrogens (primary N) is 1. The number of amides is 1. The number of fused-ring (bicyclic) bond motifs is 1. The van der Waals surface area contributed by atoms with Gasteiger partial charge in [0.05, 0.1) is 5.69 Å². The second kappa shape index (κ2) is 7.07. The van der Waals surface area contributed by atoms with Crippen LogP contribution < -0.4 is 15.4 Å². The molecule has 1 aliphatic heterocycles. The summed E-state index contributed by atoms with van der Waals surface area (Å²) in [6, 6.07) is 11.3. The quantitative estimate of drug-likeness (QED) is 0.681. The lowest BCUT2D eigenvalue weighted by Gasteiger charge is -2.30. The van der Waals surface area contributed by atoms with Crippen LogP contribution in [0.2, 0.25) is 0 Å². The van der Waals surface area contributed by atoms with Crippen LogP contribution in [0.3, 0.4) is 0 Å². The first-order valence-electron chi connectivity index (χ1n) is 7.70. The van der Waals surface area contributed by atoms with E-state index < -0.39 is 0 Å². The largest absolute Gasteiger partial charge is 0.449 e. The molecule has 2 heterocycles. The van der Waals surface area contributed by atoms with Crippen molar-refractivity contribution in [2.45, 2.75) is 12.8 Å². The number of aromatic nitrogens is 1. The minimum absolute atomic E-state index is 0.127. The van der Waals surface area contributed by atoms with Gasteiger partial charge < -0.3 is 15.4 Å². The Bertz CT molecular complexity index is 713. The van der Waals surface area contributed by atoms with Crippen molar-refractivity contribution in [3.8, 4) is 5.75 Å². The number of unbranched alkanes of at least 4 members (excludes halogenated alkanes) is 1. The predicted octanol–water partition coefficient (Wildman–Crippen LogP) is 2.59. The third-order valence-corrected chi connectivity index (χ3v) is 3.67. The minimum atomic E-state index is -0.127. The highest BCUT2D eigenvalue weighted by molar-refractivity contribution is 6.09. The number of hydrogen-bond donors (Lipinski definition) is 1. The van der Waals surface area contributed by atoms with E-state index in [-0.39, 0.29) is 5.91 Å². The van der Waals surface area contributed by atoms with Crippen molar-refractivity contribution in [1.82, 2.24) is 4.98 Å². The molecule has 23 heavy (non-hydrogen) atoms. The molecule has 1 aromatic heterocycles. The fraction of sp³-hybridized carbons (Fsp3) is 0.222. The summed E-state index contributed by atoms with van der Waals surface area (Å²) in [5.41, 5.74) is 7.24. The number of rotatable bonds is 5. The number of anilines is 1. The average Bonchev–Trinajstić information content (AvgIpc) is 2.59. The Morgan fingerprint density at radius 3 is 2.70 bits per heavy atom. The Hall–Kier alpha value is -2.66. The lowest BCUT2D eigenvalue weighted by molar-refractivity contribution is -0.117. The van der Waals surface area contributed by atoms with Gasteiger partial charge in [0.15, 0.2) is 11.5 Å². The van der Waals surface area contributed by atoms with Crippen LogP contribution in [-0.2, 0) is 4.79 Å². The molecule has 0 bridgehead atoms. The first-order chi connectivity index (χ1) is 11.3. The van der Waals surface area contributed by atoms with Crippen molar-refractivity contribution in [2.75, 3.05) is 18.0 Å². The van der Waals surface area contributed by atoms with Gasteiger partial charge >= 0.3 is 0 Å². The maximum atomic E-state index is 12.8. The van der Waals surface area contributed by atoms with Crippen molar-refractivity contribution in [3.63, 3.8) is 0 Å². The Kier molecular flexibility index (Phi) is 4.68. The molecule has 1 amide bonds. The molecule has 0 atom stereocenters. The molecule has 2 N–H and O–H groups in total. The fourth-order valence-corrected chi connectivity index (χ4v) is 2.51. The maximum Gasteiger partial charge on any atom is 0.294 e. The Labute approximate surface area is 135 Å². The van der Waals surface area contributed by atoms with Gasteiger partial charge in [-0.15, -0.1) is 0 Å². The van der Waals surface area contributed by atoms with E-state index in [1.807, 2.05) is 36.4 Å². The molecule has 0 saturated heterocycles. The number of benzene rings is 1. The summed E-state index contributed by atoms with van der Waals surface area (Å²) in [4.78, 5) is 18.5. The number of hydrogen-bond acceptors (Lipinski definition) is 4. The molecule has 5 nitrogen and oxygen atoms in total. The monoisotopic (exact) mass is 309 g/mol. The molecule has 0 aliphatic carbocycles. The third kappa shape index (κ3) is 3.40. The van der Waals surface area contributed by atoms with E-state index in [0.717, 1.165) is 24.1 Å². The van der Waals surface area contributed by atoms with Gasteiger partial charge in [0.1, 0.15) is 0 Å². The SMILES string of the molecule is NCCCCN1C(=O)/C(=C\c2ccncc2)Oc2ccccc21. The van der Waals surface area contributed by atoms with Gasteiger partial charge in [0.25, 0.3) is 5.91 Å². The number of para-hydroxylation sites is 2. The molecule has 0 radical (unpaired) electrons. The van der Waals surface area contributed by atoms with Gasteiger partial charge in [0.2, 0.25) is 0 Å². The average molecular weight is 309 g/mol. The number of carbonyl (C=O) groups is 1. The maximum absolute atomic E-state index is 12.8. The highest BCUT2D eigenvalue weighted by atomic mass is 16.5. The van der Waals surface area contributed by atoms with E-state index in [1.165, 1.54) is 0 Å². The number of pyridine rings is 1. The highest BCUT2D eigenvalue weighted by Gasteiger charge is 2.29. The van der Waals surface area contributed by atoms with Gasteiger partial charge in [-0.3, -0.25) is 9.78 Å². The number of ether oxygens (including phenoxy) is 1. The van der Waals surface area contributed by atoms with Crippen LogP contribution in [0.25, 0.3) is 6.08 Å². The smallest absolute Gasteiger partial charge is 0.294 e. The van der Waals surface area contributed by atoms with Crippen molar-refractivity contribution < 1.29 is 9.53 Å². The zero-order valence-corrected chi connectivity index (χ0v) is 12.8. The summed E-state index contributed by atoms with van der Waals surface area (Å²) < 4.78 is 5.81. The summed E-state index contributed by atoms with van der Waals surface area (Å²) in [5, 5.41) is 0. The summed E-state index contributed by atoms with van der Waals surface area (Å²) in [5.74, 6) is 0.889. The van der Waals surface area contributed by atoms with Crippen LogP contribution >= 0.6 is 0 Å². The van der Waals surface area contributed by atoms with E-state index >= 15 is 0 Å². The topological polar surface area (TPSA) is 68.5 Å². The fourth-order valence-electron chi connectivity index (χ4n) is 2.51. The second-order valence-electron chi connectivity index (χ2n) is 5.31. The minimum Gasteiger partial charge on any atom is -0.449 e. The first-order valence-corrected chi connectivity index (χ1v) is 7.70. The second-order valence-corrected chi connectivity index (χ2v) is 5.31. The zero-order chi connectivity index (χ0) is 16.1. The van der Waals surface area contributed by atoms with Gasteiger partial charge in [-0.2, -0.15) is 0 Å². The van der Waals surface area contributed by atoms with E-state index in [4.69, 9.17) is 10.5 Å². The highest BCUT2D eigenvalue weighted by Crippen LogP contribution is 2.35. The van der Waals surface area contributed by atoms with E-state index in [0.29, 0.717) is 24.6 Å². The zero-order valence-electron chi connectivity index (χ0n) is 12.8. The van der Waals surface area contributed by atoms with Crippen molar-refractivity contribution >= 4 is 17.7 Å². The summed E-state index contributed by atoms with van der Waals surface area (Å²) >= 11 is 0. The van der Waals surface area contributed by atoms with Crippen LogP contribution in [0, 0.1) is 0 Å². The Morgan fingerprint density at radius 2 is 1.91 bits per heavy atom. The number of carbonyl (C=O) groups excluding carboxylic acids is 1. The summed E-state index contributed by atoms with van der Waals surface area (Å²) in [6.45, 7) is 1.25. The van der Waals surface area contributed by atoms with Crippen LogP contribution in [0.4, 0.5) is 5.69 Å². The van der Waals surface area contributed by atoms with Gasteiger partial charge in [0, 0.05) is 18.9 Å². The molecule has 0 fully saturated rings. The molecule has 0 unspecified atom stereocenters. The molecular weight excluding hydrogens is 290 g/mol. The molecular formula is C18H19N3O2. The molecule has 0 spiro atoms. The van der Waals surface area contributed by atoms with Gasteiger partial charge in [-0.1, -0.05) is 12.1 Å². The van der Waals surface area contributed by atoms with Crippen molar-refractivity contribution in [2.24, 2.45) is 5.73 Å². The van der Waals surface area contributed by atoms with Crippen LogP contribution in [-0.4, -0.2) is 24.0 Å². The molecule has 0 saturated carbocycles. The molecule has 2 aromatic rings. The standard InChI is InChI=1S/C18H19N3O2/c19-9-3-4-12-21-15-5-1-2-6-16(15)23-17(18(21)22)13-14-7-10-20-11-8-14/h1-2,5-8,10-11,13H,3-4,9,12,19H2/b17-13+. The molecule has 5 heteroatoms. The van der Waals surface area contributed by atoms with Gasteiger partial charge in [-0.05, 0) is 55.3 Å². The summed E-state index contributed by atoms with van der Waals surface area (Å²) in [7, 11) is 0. The molecule has 1 aliphatic rings. The predicted molar refractivity (Wildman–Crippen MR) is 89.9 cm³/mol. The van der Waals surface area contributed by atoms with Crippen molar-refractivity contribution in [1.29, 1.82) is 0 Å². The Balaban J connectivity index is 1.92. The lowest BCUT2D eigenvalue weighted by atomic mass is 10.1. The molecule has 1 aromatic carbocycles. The third-order valence-electron chi connectivity index (χ3n) is 3.67. The van der Waals surface area contributed by atoms with Crippen LogP contribution in [0.5, 0.6) is 5.75 Å². The van der Waals surface area contributed by atoms with Gasteiger partial charge in [-0.25, -0.2) is 0 Å². The van der Waals surface area contributed by atoms with Crippen LogP contribution in [0.15, 0.2) is 54.6 Å². The summed E-state index contributed by atoms with van der Waals surface area (Å²) in [6.07, 6.45) is 6.87. The van der Waals surface area contributed by atoms with Crippen molar-refractivity contribution in [3.05, 3.63) is 60.1 Å². The lowest BCUT2D eigenvalue weighted by Crippen LogP contribution is -2.38.